The van der Waals surface area contributed by atoms with Gasteiger partial charge in [-0.05, 0) is 31.4 Å². The number of hydrogen-bond donors (Lipinski definition) is 2. The van der Waals surface area contributed by atoms with Crippen molar-refractivity contribution in [1.82, 2.24) is 5.43 Å². The molecule has 0 saturated heterocycles. The molecule has 3 N–H and O–H groups in total. The Morgan fingerprint density at radius 2 is 2.12 bits per heavy atom. The van der Waals surface area contributed by atoms with Gasteiger partial charge in [0.25, 0.3) is 0 Å². The Bertz CT molecular complexity index is 360. The van der Waals surface area contributed by atoms with E-state index >= 15 is 0 Å². The highest BCUT2D eigenvalue weighted by atomic mass is 35.5. The average Bonchev–Trinajstić information content (AvgIpc) is 2.33. The fourth-order valence-electron chi connectivity index (χ4n) is 1.68. The van der Waals surface area contributed by atoms with Crippen LogP contribution in [0.5, 0.6) is 0 Å². The molecular weight excluding hydrogens is 259 g/mol. The first-order valence-corrected chi connectivity index (χ1v) is 6.25. The molecule has 2 unspecified atom stereocenters. The van der Waals surface area contributed by atoms with Gasteiger partial charge in [0.05, 0.1) is 16.1 Å². The first kappa shape index (κ1) is 14.7. The molecule has 1 aromatic rings. The molecule has 17 heavy (non-hydrogen) atoms. The Balaban J connectivity index is 2.70. The van der Waals surface area contributed by atoms with E-state index < -0.39 is 0 Å². The molecule has 0 radical (unpaired) electrons. The third-order valence-corrected chi connectivity index (χ3v) is 3.61. The third kappa shape index (κ3) is 4.45. The van der Waals surface area contributed by atoms with Crippen molar-refractivity contribution in [2.24, 2.45) is 5.84 Å². The minimum absolute atomic E-state index is 0.112. The van der Waals surface area contributed by atoms with E-state index in [2.05, 4.69) is 5.43 Å². The molecule has 3 nitrogen and oxygen atoms in total. The number of hydrogen-bond acceptors (Lipinski definition) is 3. The van der Waals surface area contributed by atoms with Crippen LogP contribution >= 0.6 is 23.2 Å². The van der Waals surface area contributed by atoms with Crippen LogP contribution in [-0.4, -0.2) is 19.3 Å². The number of benzene rings is 1. The molecule has 0 heterocycles. The van der Waals surface area contributed by atoms with Gasteiger partial charge in [-0.2, -0.15) is 0 Å². The van der Waals surface area contributed by atoms with Gasteiger partial charge in [0.2, 0.25) is 0 Å². The van der Waals surface area contributed by atoms with Gasteiger partial charge < -0.3 is 4.74 Å². The maximum Gasteiger partial charge on any atom is 0.0624 e. The van der Waals surface area contributed by atoms with Crippen LogP contribution in [0.3, 0.4) is 0 Å². The molecular formula is C12H18Cl2N2O. The van der Waals surface area contributed by atoms with E-state index in [1.54, 1.807) is 13.2 Å². The second kappa shape index (κ2) is 7.19. The Kier molecular flexibility index (Phi) is 6.23. The lowest BCUT2D eigenvalue weighted by Gasteiger charge is -2.20. The second-order valence-electron chi connectivity index (χ2n) is 4.06. The first-order chi connectivity index (χ1) is 8.08. The van der Waals surface area contributed by atoms with Gasteiger partial charge in [-0.1, -0.05) is 35.3 Å². The maximum absolute atomic E-state index is 6.13. The monoisotopic (exact) mass is 276 g/mol. The number of halogens is 2. The lowest BCUT2D eigenvalue weighted by molar-refractivity contribution is 0.100. The zero-order chi connectivity index (χ0) is 12.8. The molecule has 96 valence electrons. The minimum atomic E-state index is 0.112. The average molecular weight is 277 g/mol. The number of hydrazine groups is 1. The van der Waals surface area contributed by atoms with Gasteiger partial charge in [0.1, 0.15) is 0 Å². The van der Waals surface area contributed by atoms with Crippen LogP contribution in [-0.2, 0) is 11.2 Å². The van der Waals surface area contributed by atoms with Crippen molar-refractivity contribution in [3.63, 3.8) is 0 Å². The predicted molar refractivity (Wildman–Crippen MR) is 72.4 cm³/mol. The van der Waals surface area contributed by atoms with E-state index in [-0.39, 0.29) is 12.1 Å². The number of methoxy groups -OCH3 is 1. The largest absolute Gasteiger partial charge is 0.382 e. The molecule has 0 aliphatic heterocycles. The summed E-state index contributed by atoms with van der Waals surface area (Å²) in [5, 5.41) is 1.17. The molecule has 0 saturated carbocycles. The Morgan fingerprint density at radius 1 is 1.41 bits per heavy atom. The van der Waals surface area contributed by atoms with Crippen LogP contribution < -0.4 is 11.3 Å². The van der Waals surface area contributed by atoms with Gasteiger partial charge in [0, 0.05) is 13.2 Å². The van der Waals surface area contributed by atoms with Gasteiger partial charge in [0.15, 0.2) is 0 Å². The standard InChI is InChI=1S/C12H18Cl2N2O/c1-8(17-2)6-10(16-15)7-9-4-3-5-11(13)12(9)14/h3-5,8,10,16H,6-7,15H2,1-2H3. The number of rotatable bonds is 6. The summed E-state index contributed by atoms with van der Waals surface area (Å²) in [6, 6.07) is 5.73. The van der Waals surface area contributed by atoms with Crippen LogP contribution in [0.15, 0.2) is 18.2 Å². The predicted octanol–water partition coefficient (Wildman–Crippen LogP) is 2.79. The molecule has 0 fully saturated rings. The molecule has 0 aliphatic carbocycles. The van der Waals surface area contributed by atoms with E-state index in [0.717, 1.165) is 18.4 Å². The maximum atomic E-state index is 6.13. The summed E-state index contributed by atoms with van der Waals surface area (Å²) in [5.41, 5.74) is 3.77. The quantitative estimate of drug-likeness (QED) is 0.621. The van der Waals surface area contributed by atoms with Crippen LogP contribution in [0.1, 0.15) is 18.9 Å². The molecule has 0 aliphatic rings. The lowest BCUT2D eigenvalue weighted by atomic mass is 10.0. The topological polar surface area (TPSA) is 47.3 Å². The fraction of sp³-hybridized carbons (Fsp3) is 0.500. The Hall–Kier alpha value is -0.320. The summed E-state index contributed by atoms with van der Waals surface area (Å²) in [5.74, 6) is 5.53. The van der Waals surface area contributed by atoms with Crippen molar-refractivity contribution >= 4 is 23.2 Å². The van der Waals surface area contributed by atoms with Crippen LogP contribution in [0.2, 0.25) is 10.0 Å². The summed E-state index contributed by atoms with van der Waals surface area (Å²) in [4.78, 5) is 0. The summed E-state index contributed by atoms with van der Waals surface area (Å²) in [6.45, 7) is 2.00. The van der Waals surface area contributed by atoms with Crippen molar-refractivity contribution in [2.45, 2.75) is 31.9 Å². The molecule has 0 spiro atoms. The number of ether oxygens (including phenoxy) is 1. The smallest absolute Gasteiger partial charge is 0.0624 e. The van der Waals surface area contributed by atoms with E-state index in [0.29, 0.717) is 10.0 Å². The van der Waals surface area contributed by atoms with Crippen LogP contribution in [0.4, 0.5) is 0 Å². The third-order valence-electron chi connectivity index (χ3n) is 2.75. The van der Waals surface area contributed by atoms with Crippen molar-refractivity contribution in [3.8, 4) is 0 Å². The zero-order valence-corrected chi connectivity index (χ0v) is 11.6. The van der Waals surface area contributed by atoms with Crippen molar-refractivity contribution < 1.29 is 4.74 Å². The molecule has 0 amide bonds. The van der Waals surface area contributed by atoms with E-state index in [1.165, 1.54) is 0 Å². The van der Waals surface area contributed by atoms with Gasteiger partial charge in [-0.15, -0.1) is 0 Å². The van der Waals surface area contributed by atoms with Crippen molar-refractivity contribution in [1.29, 1.82) is 0 Å². The number of nitrogens with two attached hydrogens (primary N) is 1. The summed E-state index contributed by atoms with van der Waals surface area (Å²) in [7, 11) is 1.69. The SMILES string of the molecule is COC(C)CC(Cc1cccc(Cl)c1Cl)NN. The highest BCUT2D eigenvalue weighted by Gasteiger charge is 2.14. The second-order valence-corrected chi connectivity index (χ2v) is 4.85. The van der Waals surface area contributed by atoms with Crippen LogP contribution in [0.25, 0.3) is 0 Å². The highest BCUT2D eigenvalue weighted by Crippen LogP contribution is 2.26. The number of nitrogens with one attached hydrogen (secondary N) is 1. The molecule has 1 rings (SSSR count). The summed E-state index contributed by atoms with van der Waals surface area (Å²) in [6.07, 6.45) is 1.69. The Morgan fingerprint density at radius 3 is 2.71 bits per heavy atom. The van der Waals surface area contributed by atoms with E-state index in [4.69, 9.17) is 33.8 Å². The molecule has 5 heteroatoms. The lowest BCUT2D eigenvalue weighted by Crippen LogP contribution is -2.39. The van der Waals surface area contributed by atoms with Gasteiger partial charge in [-0.3, -0.25) is 11.3 Å². The van der Waals surface area contributed by atoms with Gasteiger partial charge in [-0.25, -0.2) is 0 Å². The summed E-state index contributed by atoms with van der Waals surface area (Å²) >= 11 is 12.1. The molecule has 1 aromatic carbocycles. The fourth-order valence-corrected chi connectivity index (χ4v) is 2.08. The van der Waals surface area contributed by atoms with Crippen LogP contribution in [0, 0.1) is 0 Å². The first-order valence-electron chi connectivity index (χ1n) is 5.50. The molecule has 0 aromatic heterocycles. The normalized spacial score (nSPS) is 14.6. The minimum Gasteiger partial charge on any atom is -0.382 e. The molecule has 2 atom stereocenters. The van der Waals surface area contributed by atoms with Crippen molar-refractivity contribution in [2.75, 3.05) is 7.11 Å². The van der Waals surface area contributed by atoms with Gasteiger partial charge >= 0.3 is 0 Å². The highest BCUT2D eigenvalue weighted by molar-refractivity contribution is 6.42. The Labute approximate surface area is 112 Å². The summed E-state index contributed by atoms with van der Waals surface area (Å²) < 4.78 is 5.22. The van der Waals surface area contributed by atoms with E-state index in [1.807, 2.05) is 19.1 Å². The zero-order valence-electron chi connectivity index (χ0n) is 10.0. The van der Waals surface area contributed by atoms with E-state index in [9.17, 15) is 0 Å². The molecule has 0 bridgehead atoms. The van der Waals surface area contributed by atoms with Crippen molar-refractivity contribution in [3.05, 3.63) is 33.8 Å².